The molecule has 0 unspecified atom stereocenters. The Kier molecular flexibility index (Phi) is 4.39. The molecular formula is C19H21N3O5S. The van der Waals surface area contributed by atoms with Crippen molar-refractivity contribution < 1.29 is 23.1 Å². The fourth-order valence-corrected chi connectivity index (χ4v) is 4.88. The van der Waals surface area contributed by atoms with E-state index >= 15 is 0 Å². The zero-order valence-electron chi connectivity index (χ0n) is 15.6. The summed E-state index contributed by atoms with van der Waals surface area (Å²) in [5.41, 5.74) is -0.456. The number of hydrogen-bond acceptors (Lipinski definition) is 7. The second kappa shape index (κ2) is 6.52. The lowest BCUT2D eigenvalue weighted by Crippen LogP contribution is -2.53. The minimum Gasteiger partial charge on any atom is -0.485 e. The summed E-state index contributed by atoms with van der Waals surface area (Å²) in [6.07, 6.45) is 2.83. The van der Waals surface area contributed by atoms with E-state index in [9.17, 15) is 18.3 Å². The van der Waals surface area contributed by atoms with E-state index in [4.69, 9.17) is 4.74 Å². The van der Waals surface area contributed by atoms with E-state index in [0.29, 0.717) is 30.7 Å². The number of aliphatic hydroxyl groups is 1. The van der Waals surface area contributed by atoms with Gasteiger partial charge in [0.05, 0.1) is 10.9 Å². The SMILES string of the molecule is CC1(C)Oc2ccc(S(=O)(=O)c3ncccn3)cc2[C@H](N2CCCC2=O)[C@H]1O. The molecule has 0 aliphatic carbocycles. The van der Waals surface area contributed by atoms with Gasteiger partial charge in [0, 0.05) is 30.9 Å². The van der Waals surface area contributed by atoms with E-state index in [1.54, 1.807) is 24.8 Å². The van der Waals surface area contributed by atoms with E-state index in [1.165, 1.54) is 30.6 Å². The van der Waals surface area contributed by atoms with Gasteiger partial charge in [0.25, 0.3) is 5.16 Å². The normalized spacial score (nSPS) is 24.0. The molecule has 9 heteroatoms. The fourth-order valence-electron chi connectivity index (χ4n) is 3.74. The van der Waals surface area contributed by atoms with Gasteiger partial charge in [0.2, 0.25) is 15.7 Å². The molecule has 2 aliphatic rings. The van der Waals surface area contributed by atoms with Crippen LogP contribution in [0, 0.1) is 0 Å². The van der Waals surface area contributed by atoms with E-state index < -0.39 is 27.6 Å². The Morgan fingerprint density at radius 2 is 1.96 bits per heavy atom. The smallest absolute Gasteiger partial charge is 0.251 e. The third kappa shape index (κ3) is 2.94. The number of ether oxygens (including phenoxy) is 1. The van der Waals surface area contributed by atoms with Crippen molar-refractivity contribution in [1.82, 2.24) is 14.9 Å². The predicted molar refractivity (Wildman–Crippen MR) is 98.3 cm³/mol. The highest BCUT2D eigenvalue weighted by atomic mass is 32.2. The lowest BCUT2D eigenvalue weighted by atomic mass is 9.85. The molecule has 0 radical (unpaired) electrons. The average molecular weight is 403 g/mol. The van der Waals surface area contributed by atoms with Crippen molar-refractivity contribution >= 4 is 15.7 Å². The van der Waals surface area contributed by atoms with Gasteiger partial charge in [0.1, 0.15) is 17.5 Å². The molecule has 4 rings (SSSR count). The minimum atomic E-state index is -3.94. The van der Waals surface area contributed by atoms with Gasteiger partial charge in [0.15, 0.2) is 0 Å². The number of amides is 1. The molecule has 1 fully saturated rings. The van der Waals surface area contributed by atoms with E-state index in [-0.39, 0.29) is 16.0 Å². The monoisotopic (exact) mass is 403 g/mol. The highest BCUT2D eigenvalue weighted by molar-refractivity contribution is 7.91. The number of aromatic nitrogens is 2. The number of benzene rings is 1. The molecule has 2 aliphatic heterocycles. The van der Waals surface area contributed by atoms with E-state index in [2.05, 4.69) is 9.97 Å². The van der Waals surface area contributed by atoms with E-state index in [1.807, 2.05) is 0 Å². The first-order valence-electron chi connectivity index (χ1n) is 9.04. The predicted octanol–water partition coefficient (Wildman–Crippen LogP) is 1.50. The summed E-state index contributed by atoms with van der Waals surface area (Å²) >= 11 is 0. The van der Waals surface area contributed by atoms with Crippen LogP contribution in [0.2, 0.25) is 0 Å². The highest BCUT2D eigenvalue weighted by Crippen LogP contribution is 2.45. The van der Waals surface area contributed by atoms with Crippen LogP contribution in [-0.4, -0.2) is 52.5 Å². The molecule has 28 heavy (non-hydrogen) atoms. The van der Waals surface area contributed by atoms with Gasteiger partial charge in [-0.3, -0.25) is 4.79 Å². The average Bonchev–Trinajstić information content (AvgIpc) is 3.08. The third-order valence-corrected chi connectivity index (χ3v) is 6.79. The van der Waals surface area contributed by atoms with Crippen molar-refractivity contribution in [3.05, 3.63) is 42.2 Å². The van der Waals surface area contributed by atoms with Crippen molar-refractivity contribution in [3.63, 3.8) is 0 Å². The highest BCUT2D eigenvalue weighted by Gasteiger charge is 2.47. The topological polar surface area (TPSA) is 110 Å². The molecule has 3 heterocycles. The number of hydrogen-bond donors (Lipinski definition) is 1. The Labute approximate surface area is 163 Å². The van der Waals surface area contributed by atoms with Crippen LogP contribution < -0.4 is 4.74 Å². The van der Waals surface area contributed by atoms with Crippen molar-refractivity contribution in [1.29, 1.82) is 0 Å². The molecule has 2 aromatic rings. The molecule has 0 spiro atoms. The Morgan fingerprint density at radius 1 is 1.25 bits per heavy atom. The van der Waals surface area contributed by atoms with Gasteiger partial charge in [-0.05, 0) is 44.5 Å². The van der Waals surface area contributed by atoms with Gasteiger partial charge in [-0.2, -0.15) is 0 Å². The molecule has 1 aromatic carbocycles. The Morgan fingerprint density at radius 3 is 2.61 bits per heavy atom. The maximum atomic E-state index is 12.9. The second-order valence-electron chi connectivity index (χ2n) is 7.52. The van der Waals surface area contributed by atoms with Gasteiger partial charge < -0.3 is 14.7 Å². The molecule has 8 nitrogen and oxygen atoms in total. The van der Waals surface area contributed by atoms with Crippen LogP contribution >= 0.6 is 0 Å². The fraction of sp³-hybridized carbons (Fsp3) is 0.421. The molecule has 1 N–H and O–H groups in total. The number of likely N-dealkylation sites (tertiary alicyclic amines) is 1. The molecule has 1 amide bonds. The Hall–Kier alpha value is -2.52. The number of rotatable bonds is 3. The third-order valence-electron chi connectivity index (χ3n) is 5.22. The zero-order valence-corrected chi connectivity index (χ0v) is 16.4. The number of carbonyl (C=O) groups excluding carboxylic acids is 1. The first-order chi connectivity index (χ1) is 13.2. The molecule has 148 valence electrons. The number of sulfone groups is 1. The molecule has 2 atom stereocenters. The lowest BCUT2D eigenvalue weighted by Gasteiger charge is -2.45. The zero-order chi connectivity index (χ0) is 20.1. The number of carbonyl (C=O) groups is 1. The van der Waals surface area contributed by atoms with Crippen molar-refractivity contribution in [2.75, 3.05) is 6.54 Å². The van der Waals surface area contributed by atoms with Crippen LogP contribution in [-0.2, 0) is 14.6 Å². The van der Waals surface area contributed by atoms with Crippen LogP contribution in [0.25, 0.3) is 0 Å². The largest absolute Gasteiger partial charge is 0.485 e. The van der Waals surface area contributed by atoms with Gasteiger partial charge in [-0.25, -0.2) is 18.4 Å². The van der Waals surface area contributed by atoms with Crippen LogP contribution in [0.4, 0.5) is 0 Å². The van der Waals surface area contributed by atoms with Gasteiger partial charge in [-0.15, -0.1) is 0 Å². The minimum absolute atomic E-state index is 0.00963. The maximum Gasteiger partial charge on any atom is 0.251 e. The van der Waals surface area contributed by atoms with Crippen LogP contribution in [0.5, 0.6) is 5.75 Å². The Bertz CT molecular complexity index is 1020. The van der Waals surface area contributed by atoms with Crippen molar-refractivity contribution in [2.24, 2.45) is 0 Å². The quantitative estimate of drug-likeness (QED) is 0.774. The lowest BCUT2D eigenvalue weighted by molar-refractivity contribution is -0.139. The number of aliphatic hydroxyl groups excluding tert-OH is 1. The summed E-state index contributed by atoms with van der Waals surface area (Å²) in [5.74, 6) is 0.389. The second-order valence-corrected chi connectivity index (χ2v) is 9.36. The summed E-state index contributed by atoms with van der Waals surface area (Å²) in [6, 6.07) is 5.30. The first-order valence-corrected chi connectivity index (χ1v) is 10.5. The summed E-state index contributed by atoms with van der Waals surface area (Å²) < 4.78 is 31.7. The van der Waals surface area contributed by atoms with E-state index in [0.717, 1.165) is 0 Å². The van der Waals surface area contributed by atoms with Gasteiger partial charge >= 0.3 is 0 Å². The molecular weight excluding hydrogens is 382 g/mol. The summed E-state index contributed by atoms with van der Waals surface area (Å²) in [5, 5.41) is 10.6. The number of nitrogens with zero attached hydrogens (tertiary/aromatic N) is 3. The van der Waals surface area contributed by atoms with Gasteiger partial charge in [-0.1, -0.05) is 0 Å². The molecule has 0 bridgehead atoms. The van der Waals surface area contributed by atoms with Crippen molar-refractivity contribution in [2.45, 2.75) is 54.5 Å². The summed E-state index contributed by atoms with van der Waals surface area (Å²) in [4.78, 5) is 21.7. The first kappa shape index (κ1) is 18.8. The molecule has 1 aromatic heterocycles. The maximum absolute atomic E-state index is 12.9. The standard InChI is InChI=1S/C19H21N3O5S/c1-19(2)17(24)16(22-10-3-5-15(22)23)13-11-12(6-7-14(13)27-19)28(25,26)18-20-8-4-9-21-18/h4,6-9,11,16-17,24H,3,5,10H2,1-2H3/t16-,17+/m0/s1. The molecule has 0 saturated carbocycles. The van der Waals surface area contributed by atoms with Crippen LogP contribution in [0.3, 0.4) is 0 Å². The number of fused-ring (bicyclic) bond motifs is 1. The van der Waals surface area contributed by atoms with Crippen LogP contribution in [0.1, 0.15) is 38.3 Å². The summed E-state index contributed by atoms with van der Waals surface area (Å²) in [6.45, 7) is 4.00. The molecule has 1 saturated heterocycles. The van der Waals surface area contributed by atoms with Crippen LogP contribution in [0.15, 0.2) is 46.7 Å². The summed E-state index contributed by atoms with van der Waals surface area (Å²) in [7, 11) is -3.94. The van der Waals surface area contributed by atoms with Crippen molar-refractivity contribution in [3.8, 4) is 5.75 Å². The Balaban J connectivity index is 1.85.